The molecule has 0 amide bonds. The van der Waals surface area contributed by atoms with Crippen LogP contribution in [0.5, 0.6) is 0 Å². The largest absolute Gasteiger partial charge is 0.385 e. The number of allylic oxidation sites excluding steroid dienone is 10. The Kier molecular flexibility index (Phi) is 18.1. The molecular weight excluding hydrogens is 756 g/mol. The average molecular weight is 843 g/mol. The number of unbranched alkanes of at least 4 members (excludes halogenated alkanes) is 1. The molecule has 3 unspecified atom stereocenters. The van der Waals surface area contributed by atoms with Crippen LogP contribution >= 0.6 is 11.3 Å². The Bertz CT molecular complexity index is 1940. The number of fused-ring (bicyclic) bond motifs is 2. The second kappa shape index (κ2) is 21.9. The Labute approximate surface area is 380 Å². The monoisotopic (exact) mass is 843 g/mol. The van der Waals surface area contributed by atoms with Crippen molar-refractivity contribution in [3.05, 3.63) is 125 Å². The second-order valence-electron chi connectivity index (χ2n) is 22.9. The van der Waals surface area contributed by atoms with Gasteiger partial charge >= 0.3 is 0 Å². The van der Waals surface area contributed by atoms with Crippen LogP contribution in [-0.4, -0.2) is 12.8 Å². The minimum Gasteiger partial charge on any atom is -0.385 e. The van der Waals surface area contributed by atoms with Gasteiger partial charge in [-0.2, -0.15) is 0 Å². The van der Waals surface area contributed by atoms with Crippen LogP contribution in [0.2, 0.25) is 0 Å². The summed E-state index contributed by atoms with van der Waals surface area (Å²) in [5, 5.41) is 9.58. The molecule has 4 heteroatoms. The smallest absolute Gasteiger partial charge is 0.254 e. The van der Waals surface area contributed by atoms with Crippen molar-refractivity contribution < 1.29 is 0 Å². The number of thiophene rings is 1. The number of hydrogen-bond donors (Lipinski definition) is 2. The van der Waals surface area contributed by atoms with Gasteiger partial charge in [-0.1, -0.05) is 150 Å². The Hall–Kier alpha value is -3.24. The first kappa shape index (κ1) is 50.4. The predicted molar refractivity (Wildman–Crippen MR) is 277 cm³/mol. The fourth-order valence-electron chi connectivity index (χ4n) is 8.92. The Balaban J connectivity index is 1.92. The first-order valence-corrected chi connectivity index (χ1v) is 24.8. The lowest BCUT2D eigenvalue weighted by atomic mass is 9.36. The van der Waals surface area contributed by atoms with E-state index in [1.54, 1.807) is 11.1 Å². The minimum absolute atomic E-state index is 0.0890. The minimum atomic E-state index is 0.0890. The first-order valence-electron chi connectivity index (χ1n) is 24.0. The molecule has 1 aromatic carbocycles. The Morgan fingerprint density at radius 2 is 1.46 bits per heavy atom. The molecule has 334 valence electrons. The number of benzene rings is 1. The summed E-state index contributed by atoms with van der Waals surface area (Å²) in [5.41, 5.74) is 10.6. The van der Waals surface area contributed by atoms with Gasteiger partial charge in [0.1, 0.15) is 0 Å². The highest BCUT2D eigenvalue weighted by Crippen LogP contribution is 2.42. The van der Waals surface area contributed by atoms with Crippen LogP contribution in [-0.2, 0) is 0 Å². The van der Waals surface area contributed by atoms with Crippen LogP contribution in [0.3, 0.4) is 0 Å². The molecule has 2 nitrogen and oxygen atoms in total. The van der Waals surface area contributed by atoms with Crippen LogP contribution in [0.15, 0.2) is 114 Å². The average Bonchev–Trinajstić information content (AvgIpc) is 3.58. The summed E-state index contributed by atoms with van der Waals surface area (Å²) >= 11 is 2.02. The van der Waals surface area contributed by atoms with E-state index in [1.807, 2.05) is 11.3 Å². The second-order valence-corrected chi connectivity index (χ2v) is 24.0. The van der Waals surface area contributed by atoms with Crippen LogP contribution < -0.4 is 15.4 Å². The van der Waals surface area contributed by atoms with E-state index >= 15 is 0 Å². The van der Waals surface area contributed by atoms with E-state index in [4.69, 9.17) is 0 Å². The maximum absolute atomic E-state index is 4.13. The van der Waals surface area contributed by atoms with Gasteiger partial charge in [-0.15, -0.1) is 17.9 Å². The van der Waals surface area contributed by atoms with Crippen molar-refractivity contribution in [1.29, 1.82) is 0 Å². The van der Waals surface area contributed by atoms with E-state index in [9.17, 15) is 0 Å². The third kappa shape index (κ3) is 15.5. The highest BCUT2D eigenvalue weighted by atomic mass is 32.1. The molecule has 1 aromatic heterocycles. The van der Waals surface area contributed by atoms with Crippen LogP contribution in [0.4, 0.5) is 0 Å². The van der Waals surface area contributed by atoms with Crippen LogP contribution in [0, 0.1) is 21.7 Å². The van der Waals surface area contributed by atoms with E-state index in [0.29, 0.717) is 11.8 Å². The fourth-order valence-corrected chi connectivity index (χ4v) is 10.2. The van der Waals surface area contributed by atoms with E-state index in [1.165, 1.54) is 68.5 Å². The molecule has 0 bridgehead atoms. The summed E-state index contributed by atoms with van der Waals surface area (Å²) in [6, 6.07) is 7.78. The molecule has 2 aromatic rings. The lowest BCUT2D eigenvalue weighted by Gasteiger charge is -2.33. The molecule has 2 aliphatic rings. The summed E-state index contributed by atoms with van der Waals surface area (Å²) < 4.78 is 2.85. The van der Waals surface area contributed by atoms with E-state index in [2.05, 4.69) is 200 Å². The van der Waals surface area contributed by atoms with Gasteiger partial charge in [-0.05, 0) is 175 Å². The summed E-state index contributed by atoms with van der Waals surface area (Å²) in [5.74, 6) is 1.22. The molecule has 0 radical (unpaired) electrons. The summed E-state index contributed by atoms with van der Waals surface area (Å²) in [7, 11) is 0. The third-order valence-corrected chi connectivity index (χ3v) is 14.1. The zero-order valence-corrected chi connectivity index (χ0v) is 42.5. The maximum atomic E-state index is 4.13. The van der Waals surface area contributed by atoms with E-state index in [-0.39, 0.29) is 34.4 Å². The van der Waals surface area contributed by atoms with Crippen LogP contribution in [0.1, 0.15) is 197 Å². The predicted octanol–water partition coefficient (Wildman–Crippen LogP) is 16.8. The summed E-state index contributed by atoms with van der Waals surface area (Å²) in [4.78, 5) is 0. The molecule has 2 aliphatic carbocycles. The third-order valence-electron chi connectivity index (χ3n) is 13.0. The molecule has 0 saturated heterocycles. The molecule has 3 atom stereocenters. The number of nitrogens with one attached hydrogen (secondary N) is 2. The molecule has 1 heterocycles. The molecular formula is C57H87BN2S. The lowest BCUT2D eigenvalue weighted by Crippen LogP contribution is -2.45. The SMILES string of the molecule is C=CCC(C)(C)CCC(C)(C)C/C=C/NC1CC(C)=CC(NC(/C=C\CC(C)(C)C)=C/CC(C)(C)C)=C1B(C(/C=C\CCC)=C/C)c1cc2cc3c(cc2s1)C(C)CCC3C. The van der Waals surface area contributed by atoms with Gasteiger partial charge in [0.15, 0.2) is 0 Å². The lowest BCUT2D eigenvalue weighted by molar-refractivity contribution is 0.242. The molecule has 0 aliphatic heterocycles. The normalized spacial score (nSPS) is 20.0. The summed E-state index contributed by atoms with van der Waals surface area (Å²) in [6.07, 6.45) is 35.8. The zero-order valence-electron chi connectivity index (χ0n) is 41.7. The van der Waals surface area contributed by atoms with Gasteiger partial charge in [0.2, 0.25) is 0 Å². The Morgan fingerprint density at radius 3 is 2.07 bits per heavy atom. The van der Waals surface area contributed by atoms with Gasteiger partial charge in [-0.25, -0.2) is 0 Å². The highest BCUT2D eigenvalue weighted by molar-refractivity contribution is 7.30. The number of hydrogen-bond acceptors (Lipinski definition) is 3. The van der Waals surface area contributed by atoms with Crippen molar-refractivity contribution in [2.45, 2.75) is 192 Å². The molecule has 0 saturated carbocycles. The van der Waals surface area contributed by atoms with Crippen molar-refractivity contribution in [3.8, 4) is 0 Å². The van der Waals surface area contributed by atoms with Crippen molar-refractivity contribution in [2.75, 3.05) is 0 Å². The Morgan fingerprint density at radius 1 is 0.820 bits per heavy atom. The highest BCUT2D eigenvalue weighted by Gasteiger charge is 2.36. The van der Waals surface area contributed by atoms with E-state index < -0.39 is 0 Å². The standard InChI is InChI=1S/C57H87BN2S/c1-17-20-21-24-45(19-3)58(52-39-44-38-47-42(5)26-27-43(6)48(47)40-51(44)61-52)53-49(59-35-23-31-57(15,16)34-33-56(13,14)29-18-2)36-41(4)37-50(53)60-46(28-32-55(10,11)12)25-22-30-54(7,8)9/h18-19,21-25,28,35,37-40,42-43,49,59-60H,2,17,20,26-27,29-34,36H2,1,3-16H3/b24-21-,25-22-,35-23+,45-19+,46-28+. The topological polar surface area (TPSA) is 24.1 Å². The molecule has 2 N–H and O–H groups in total. The molecule has 0 fully saturated rings. The van der Waals surface area contributed by atoms with E-state index in [0.717, 1.165) is 44.9 Å². The van der Waals surface area contributed by atoms with Crippen molar-refractivity contribution in [1.82, 2.24) is 10.6 Å². The molecule has 4 rings (SSSR count). The zero-order chi connectivity index (χ0) is 45.2. The first-order chi connectivity index (χ1) is 28.5. The quantitative estimate of drug-likeness (QED) is 0.0788. The molecule has 0 spiro atoms. The fraction of sp³-hybridized carbons (Fsp3) is 0.579. The van der Waals surface area contributed by atoms with Crippen molar-refractivity contribution in [3.63, 3.8) is 0 Å². The van der Waals surface area contributed by atoms with Gasteiger partial charge in [0, 0.05) is 22.1 Å². The summed E-state index contributed by atoms with van der Waals surface area (Å²) in [6.45, 7) is 39.4. The van der Waals surface area contributed by atoms with Crippen LogP contribution in [0.25, 0.3) is 10.1 Å². The van der Waals surface area contributed by atoms with Gasteiger partial charge in [-0.3, -0.25) is 0 Å². The van der Waals surface area contributed by atoms with Gasteiger partial charge in [0.25, 0.3) is 6.71 Å². The van der Waals surface area contributed by atoms with Crippen molar-refractivity contribution >= 4 is 32.9 Å². The number of rotatable bonds is 20. The van der Waals surface area contributed by atoms with Gasteiger partial charge in [0.05, 0.1) is 0 Å². The molecule has 61 heavy (non-hydrogen) atoms. The van der Waals surface area contributed by atoms with Crippen molar-refractivity contribution in [2.24, 2.45) is 21.7 Å². The maximum Gasteiger partial charge on any atom is 0.254 e. The van der Waals surface area contributed by atoms with Gasteiger partial charge < -0.3 is 10.6 Å².